The fourth-order valence-corrected chi connectivity index (χ4v) is 1.68. The van der Waals surface area contributed by atoms with Gasteiger partial charge in [0.1, 0.15) is 6.17 Å². The Bertz CT molecular complexity index is 510. The lowest BCUT2D eigenvalue weighted by molar-refractivity contribution is 0.374. The van der Waals surface area contributed by atoms with Crippen molar-refractivity contribution in [2.45, 2.75) is 13.1 Å². The average molecular weight is 241 g/mol. The minimum absolute atomic E-state index is 0.286. The van der Waals surface area contributed by atoms with Gasteiger partial charge in [-0.3, -0.25) is 0 Å². The number of halogens is 2. The minimum atomic E-state index is -1.05. The number of aromatic nitrogens is 1. The summed E-state index contributed by atoms with van der Waals surface area (Å²) in [7, 11) is 0. The second-order valence-corrected chi connectivity index (χ2v) is 3.88. The van der Waals surface area contributed by atoms with Gasteiger partial charge in [-0.2, -0.15) is 0 Å². The molecule has 1 aromatic heterocycles. The van der Waals surface area contributed by atoms with Gasteiger partial charge < -0.3 is 10.3 Å². The quantitative estimate of drug-likeness (QED) is 0.872. The molecular weight excluding hydrogens is 231 g/mol. The van der Waals surface area contributed by atoms with Crippen molar-refractivity contribution in [2.75, 3.05) is 5.73 Å². The van der Waals surface area contributed by atoms with Crippen LogP contribution in [0.2, 0.25) is 5.02 Å². The Morgan fingerprint density at radius 3 is 2.69 bits per heavy atom. The second kappa shape index (κ2) is 4.14. The van der Waals surface area contributed by atoms with Crippen molar-refractivity contribution in [1.29, 1.82) is 0 Å². The topological polar surface area (TPSA) is 52.0 Å². The van der Waals surface area contributed by atoms with E-state index in [1.807, 2.05) is 0 Å². The number of benzene rings is 1. The number of hydrogen-bond acceptors (Lipinski definition) is 3. The van der Waals surface area contributed by atoms with Gasteiger partial charge in [0.2, 0.25) is 0 Å². The maximum Gasteiger partial charge on any atom is 0.170 e. The van der Waals surface area contributed by atoms with Crippen molar-refractivity contribution in [1.82, 2.24) is 5.16 Å². The van der Waals surface area contributed by atoms with Crippen molar-refractivity contribution in [2.24, 2.45) is 0 Å². The molecule has 0 aliphatic rings. The zero-order valence-corrected chi connectivity index (χ0v) is 9.33. The van der Waals surface area contributed by atoms with Gasteiger partial charge in [0.15, 0.2) is 11.6 Å². The molecule has 0 saturated heterocycles. The van der Waals surface area contributed by atoms with Gasteiger partial charge >= 0.3 is 0 Å². The average Bonchev–Trinajstić information content (AvgIpc) is 2.64. The highest BCUT2D eigenvalue weighted by molar-refractivity contribution is 6.33. The summed E-state index contributed by atoms with van der Waals surface area (Å²) in [6, 6.07) is 6.48. The predicted molar refractivity (Wildman–Crippen MR) is 60.9 cm³/mol. The normalized spacial score (nSPS) is 12.7. The first-order valence-corrected chi connectivity index (χ1v) is 5.12. The summed E-state index contributed by atoms with van der Waals surface area (Å²) in [4.78, 5) is 0. The Balaban J connectivity index is 2.44. The third-order valence-electron chi connectivity index (χ3n) is 2.25. The molecular formula is C11H10ClFN2O. The number of hydrogen-bond donors (Lipinski definition) is 1. The van der Waals surface area contributed by atoms with Gasteiger partial charge in [-0.15, -0.1) is 0 Å². The van der Waals surface area contributed by atoms with E-state index in [0.29, 0.717) is 21.9 Å². The van der Waals surface area contributed by atoms with Gasteiger partial charge in [0.05, 0.1) is 5.02 Å². The number of nitrogens with zero attached hydrogens (tertiary/aromatic N) is 1. The molecule has 1 heterocycles. The van der Waals surface area contributed by atoms with E-state index in [4.69, 9.17) is 21.9 Å². The molecule has 0 aliphatic heterocycles. The standard InChI is InChI=1S/C11H10ClFN2O/c1-6(13)7-2-3-8(9(12)4-7)10-5-11(14)15-16-10/h2-6H,1H3,(H2,14,15). The lowest BCUT2D eigenvalue weighted by Crippen LogP contribution is -1.86. The molecule has 0 radical (unpaired) electrons. The zero-order chi connectivity index (χ0) is 11.7. The summed E-state index contributed by atoms with van der Waals surface area (Å²) in [6.07, 6.45) is -1.05. The second-order valence-electron chi connectivity index (χ2n) is 3.47. The van der Waals surface area contributed by atoms with Crippen molar-refractivity contribution in [3.63, 3.8) is 0 Å². The third-order valence-corrected chi connectivity index (χ3v) is 2.56. The van der Waals surface area contributed by atoms with Crippen LogP contribution in [0, 0.1) is 0 Å². The molecule has 0 bridgehead atoms. The Hall–Kier alpha value is -1.55. The summed E-state index contributed by atoms with van der Waals surface area (Å²) < 4.78 is 18.0. The predicted octanol–water partition coefficient (Wildman–Crippen LogP) is 3.61. The highest BCUT2D eigenvalue weighted by atomic mass is 35.5. The molecule has 1 unspecified atom stereocenters. The van der Waals surface area contributed by atoms with E-state index in [1.54, 1.807) is 24.3 Å². The molecule has 2 N–H and O–H groups in total. The molecule has 5 heteroatoms. The lowest BCUT2D eigenvalue weighted by atomic mass is 10.1. The van der Waals surface area contributed by atoms with Crippen LogP contribution < -0.4 is 5.73 Å². The van der Waals surface area contributed by atoms with Crippen LogP contribution in [-0.2, 0) is 0 Å². The Morgan fingerprint density at radius 1 is 1.44 bits per heavy atom. The maximum atomic E-state index is 13.0. The van der Waals surface area contributed by atoms with Gasteiger partial charge in [-0.05, 0) is 24.6 Å². The molecule has 2 aromatic rings. The Kier molecular flexibility index (Phi) is 2.83. The number of nitrogen functional groups attached to an aromatic ring is 1. The SMILES string of the molecule is CC(F)c1ccc(-c2cc(N)no2)c(Cl)c1. The van der Waals surface area contributed by atoms with E-state index >= 15 is 0 Å². The molecule has 16 heavy (non-hydrogen) atoms. The number of nitrogens with two attached hydrogens (primary N) is 1. The van der Waals surface area contributed by atoms with Gasteiger partial charge in [0.25, 0.3) is 0 Å². The summed E-state index contributed by atoms with van der Waals surface area (Å²) in [6.45, 7) is 1.46. The lowest BCUT2D eigenvalue weighted by Gasteiger charge is -2.05. The summed E-state index contributed by atoms with van der Waals surface area (Å²) in [5.41, 5.74) is 6.61. The highest BCUT2D eigenvalue weighted by Gasteiger charge is 2.11. The van der Waals surface area contributed by atoms with Crippen LogP contribution in [0.15, 0.2) is 28.8 Å². The molecule has 0 fully saturated rings. The van der Waals surface area contributed by atoms with E-state index < -0.39 is 6.17 Å². The van der Waals surface area contributed by atoms with Crippen LogP contribution in [-0.4, -0.2) is 5.16 Å². The number of anilines is 1. The Labute approximate surface area is 97.0 Å². The Morgan fingerprint density at radius 2 is 2.19 bits per heavy atom. The summed E-state index contributed by atoms with van der Waals surface area (Å²) in [5, 5.41) is 3.98. The first-order valence-electron chi connectivity index (χ1n) is 4.74. The molecule has 0 aliphatic carbocycles. The van der Waals surface area contributed by atoms with E-state index in [0.717, 1.165) is 0 Å². The van der Waals surface area contributed by atoms with Crippen LogP contribution in [0.1, 0.15) is 18.7 Å². The fourth-order valence-electron chi connectivity index (χ4n) is 1.39. The largest absolute Gasteiger partial charge is 0.381 e. The van der Waals surface area contributed by atoms with Crippen molar-refractivity contribution >= 4 is 17.4 Å². The zero-order valence-electron chi connectivity index (χ0n) is 8.58. The monoisotopic (exact) mass is 240 g/mol. The van der Waals surface area contributed by atoms with Gasteiger partial charge in [-0.1, -0.05) is 22.8 Å². The van der Waals surface area contributed by atoms with Gasteiger partial charge in [-0.25, -0.2) is 4.39 Å². The third kappa shape index (κ3) is 2.02. The number of alkyl halides is 1. The highest BCUT2D eigenvalue weighted by Crippen LogP contribution is 2.31. The van der Waals surface area contributed by atoms with Crippen LogP contribution in [0.25, 0.3) is 11.3 Å². The first-order chi connectivity index (χ1) is 7.58. The van der Waals surface area contributed by atoms with E-state index in [-0.39, 0.29) is 5.82 Å². The molecule has 0 spiro atoms. The molecule has 84 valence electrons. The number of rotatable bonds is 2. The smallest absolute Gasteiger partial charge is 0.170 e. The first kappa shape index (κ1) is 11.0. The van der Waals surface area contributed by atoms with E-state index in [2.05, 4.69) is 5.16 Å². The van der Waals surface area contributed by atoms with Crippen LogP contribution >= 0.6 is 11.6 Å². The maximum absolute atomic E-state index is 13.0. The molecule has 1 aromatic carbocycles. The molecule has 0 saturated carbocycles. The molecule has 1 atom stereocenters. The van der Waals surface area contributed by atoms with Crippen molar-refractivity contribution in [3.05, 3.63) is 34.9 Å². The van der Waals surface area contributed by atoms with Gasteiger partial charge in [0, 0.05) is 11.6 Å². The fraction of sp³-hybridized carbons (Fsp3) is 0.182. The summed E-state index contributed by atoms with van der Waals surface area (Å²) >= 11 is 6.02. The van der Waals surface area contributed by atoms with Crippen molar-refractivity contribution in [3.8, 4) is 11.3 Å². The van der Waals surface area contributed by atoms with E-state index in [9.17, 15) is 4.39 Å². The molecule has 2 rings (SSSR count). The van der Waals surface area contributed by atoms with Crippen LogP contribution in [0.3, 0.4) is 0 Å². The van der Waals surface area contributed by atoms with E-state index in [1.165, 1.54) is 6.92 Å². The van der Waals surface area contributed by atoms with Crippen molar-refractivity contribution < 1.29 is 8.91 Å². The minimum Gasteiger partial charge on any atom is -0.381 e. The summed E-state index contributed by atoms with van der Waals surface area (Å²) in [5.74, 6) is 0.759. The molecule has 0 amide bonds. The van der Waals surface area contributed by atoms with Crippen LogP contribution in [0.5, 0.6) is 0 Å². The molecule has 3 nitrogen and oxygen atoms in total. The van der Waals surface area contributed by atoms with Crippen LogP contribution in [0.4, 0.5) is 10.2 Å².